The van der Waals surface area contributed by atoms with Gasteiger partial charge in [0.2, 0.25) is 0 Å². The van der Waals surface area contributed by atoms with Crippen molar-refractivity contribution >= 4 is 17.8 Å². The minimum absolute atomic E-state index is 0.0110. The summed E-state index contributed by atoms with van der Waals surface area (Å²) in [6, 6.07) is 15.8. The third-order valence-corrected chi connectivity index (χ3v) is 5.52. The molecule has 0 aromatic heterocycles. The topological polar surface area (TPSA) is 72.9 Å². The maximum atomic E-state index is 14.7. The lowest BCUT2D eigenvalue weighted by molar-refractivity contribution is -0.172. The van der Waals surface area contributed by atoms with Crippen molar-refractivity contribution in [2.24, 2.45) is 0 Å². The fourth-order valence-corrected chi connectivity index (χ4v) is 3.66. The Bertz CT molecular complexity index is 1200. The molecule has 3 aromatic rings. The molecule has 0 spiro atoms. The van der Waals surface area contributed by atoms with E-state index >= 15 is 0 Å². The summed E-state index contributed by atoms with van der Waals surface area (Å²) < 4.78 is 34.5. The second kappa shape index (κ2) is 9.82. The fourth-order valence-electron chi connectivity index (χ4n) is 3.66. The largest absolute Gasteiger partial charge is 0.497 e. The first kappa shape index (κ1) is 23.1. The summed E-state index contributed by atoms with van der Waals surface area (Å²) in [6.07, 6.45) is 0.379. The normalized spacial score (nSPS) is 13.3. The Morgan fingerprint density at radius 3 is 1.91 bits per heavy atom. The highest BCUT2D eigenvalue weighted by molar-refractivity contribution is 6.02. The van der Waals surface area contributed by atoms with E-state index in [1.165, 1.54) is 24.3 Å². The Labute approximate surface area is 194 Å². The molecular weight excluding hydrogens is 444 g/mol. The fraction of sp³-hybridized carbons (Fsp3) is 0.192. The predicted molar refractivity (Wildman–Crippen MR) is 118 cm³/mol. The van der Waals surface area contributed by atoms with Crippen LogP contribution in [0.5, 0.6) is 5.75 Å². The highest BCUT2D eigenvalue weighted by Gasteiger charge is 2.33. The van der Waals surface area contributed by atoms with Gasteiger partial charge in [-0.25, -0.2) is 13.6 Å². The molecule has 3 aromatic carbocycles. The molecule has 0 N–H and O–H groups in total. The molecule has 1 saturated heterocycles. The molecule has 6 nitrogen and oxygen atoms in total. The van der Waals surface area contributed by atoms with Gasteiger partial charge in [-0.3, -0.25) is 9.59 Å². The molecule has 0 atom stereocenters. The van der Waals surface area contributed by atoms with Crippen LogP contribution < -0.4 is 4.74 Å². The molecule has 1 aliphatic heterocycles. The Morgan fingerprint density at radius 1 is 0.824 bits per heavy atom. The lowest BCUT2D eigenvalue weighted by atomic mass is 9.98. The van der Waals surface area contributed by atoms with Crippen LogP contribution in [0.4, 0.5) is 8.78 Å². The molecule has 4 rings (SSSR count). The summed E-state index contributed by atoms with van der Waals surface area (Å²) in [5, 5.41) is 0.481. The van der Waals surface area contributed by atoms with Gasteiger partial charge in [-0.05, 0) is 59.5 Å². The van der Waals surface area contributed by atoms with Crippen LogP contribution in [-0.4, -0.2) is 30.0 Å². The van der Waals surface area contributed by atoms with Crippen LogP contribution >= 0.6 is 0 Å². The van der Waals surface area contributed by atoms with Crippen molar-refractivity contribution in [3.63, 3.8) is 0 Å². The number of hydroxylamine groups is 2. The number of methoxy groups -OCH3 is 1. The lowest BCUT2D eigenvalue weighted by Crippen LogP contribution is -2.32. The number of hydrogen-bond acceptors (Lipinski definition) is 5. The van der Waals surface area contributed by atoms with Gasteiger partial charge in [0, 0.05) is 24.8 Å². The summed E-state index contributed by atoms with van der Waals surface area (Å²) in [5.41, 5.74) is 2.04. The number of rotatable bonds is 7. The zero-order chi connectivity index (χ0) is 24.2. The van der Waals surface area contributed by atoms with Crippen LogP contribution in [0.3, 0.4) is 0 Å². The minimum Gasteiger partial charge on any atom is -0.497 e. The molecule has 0 radical (unpaired) electrons. The van der Waals surface area contributed by atoms with Crippen LogP contribution in [0, 0.1) is 11.6 Å². The van der Waals surface area contributed by atoms with Gasteiger partial charge in [-0.2, -0.15) is 0 Å². The second-order valence-electron chi connectivity index (χ2n) is 7.90. The SMILES string of the molecule is COc1ccc(Cc2c(F)cc(Cc3ccc(C(=O)ON4C(=O)CCC4=O)cc3)cc2F)cc1. The van der Waals surface area contributed by atoms with Gasteiger partial charge in [0.25, 0.3) is 11.8 Å². The summed E-state index contributed by atoms with van der Waals surface area (Å²) >= 11 is 0. The third-order valence-electron chi connectivity index (χ3n) is 5.52. The standard InChI is InChI=1S/C26H21F2NO5/c1-33-20-8-4-17(5-9-20)13-21-22(27)14-18(15-23(21)28)12-16-2-6-19(7-3-16)26(32)34-29-24(30)10-11-25(29)31/h2-9,14-15H,10-13H2,1H3. The number of halogens is 2. The monoisotopic (exact) mass is 465 g/mol. The molecule has 1 aliphatic rings. The zero-order valence-electron chi connectivity index (χ0n) is 18.3. The van der Waals surface area contributed by atoms with E-state index in [9.17, 15) is 23.2 Å². The summed E-state index contributed by atoms with van der Waals surface area (Å²) in [6.45, 7) is 0. The van der Waals surface area contributed by atoms with Crippen LogP contribution in [0.25, 0.3) is 0 Å². The molecule has 1 heterocycles. The molecular formula is C26H21F2NO5. The number of carbonyl (C=O) groups is 3. The molecule has 2 amide bonds. The summed E-state index contributed by atoms with van der Waals surface area (Å²) in [4.78, 5) is 40.2. The molecule has 0 aliphatic carbocycles. The number of imide groups is 1. The molecule has 1 fully saturated rings. The highest BCUT2D eigenvalue weighted by Crippen LogP contribution is 2.23. The number of benzene rings is 3. The van der Waals surface area contributed by atoms with Crippen molar-refractivity contribution in [1.29, 1.82) is 0 Å². The van der Waals surface area contributed by atoms with Crippen molar-refractivity contribution in [2.75, 3.05) is 7.11 Å². The van der Waals surface area contributed by atoms with Crippen molar-refractivity contribution in [3.05, 3.63) is 100 Å². The zero-order valence-corrected chi connectivity index (χ0v) is 18.3. The van der Waals surface area contributed by atoms with Crippen LogP contribution in [0.2, 0.25) is 0 Å². The van der Waals surface area contributed by atoms with E-state index in [-0.39, 0.29) is 36.8 Å². The molecule has 0 unspecified atom stereocenters. The lowest BCUT2D eigenvalue weighted by Gasteiger charge is -2.13. The Morgan fingerprint density at radius 2 is 1.35 bits per heavy atom. The van der Waals surface area contributed by atoms with Gasteiger partial charge in [0.15, 0.2) is 0 Å². The summed E-state index contributed by atoms with van der Waals surface area (Å²) in [7, 11) is 1.55. The van der Waals surface area contributed by atoms with Gasteiger partial charge in [0.1, 0.15) is 17.4 Å². The average molecular weight is 465 g/mol. The second-order valence-corrected chi connectivity index (χ2v) is 7.90. The Kier molecular flexibility index (Phi) is 6.67. The van der Waals surface area contributed by atoms with Gasteiger partial charge in [-0.1, -0.05) is 24.3 Å². The van der Waals surface area contributed by atoms with Crippen LogP contribution in [-0.2, 0) is 27.3 Å². The highest BCUT2D eigenvalue weighted by atomic mass is 19.1. The molecule has 8 heteroatoms. The van der Waals surface area contributed by atoms with Crippen LogP contribution in [0.15, 0.2) is 60.7 Å². The van der Waals surface area contributed by atoms with E-state index < -0.39 is 29.4 Å². The van der Waals surface area contributed by atoms with E-state index in [2.05, 4.69) is 0 Å². The van der Waals surface area contributed by atoms with E-state index in [1.807, 2.05) is 0 Å². The minimum atomic E-state index is -0.838. The van der Waals surface area contributed by atoms with Gasteiger partial charge in [-0.15, -0.1) is 5.06 Å². The van der Waals surface area contributed by atoms with E-state index in [0.717, 1.165) is 5.56 Å². The van der Waals surface area contributed by atoms with E-state index in [1.54, 1.807) is 43.5 Å². The predicted octanol–water partition coefficient (Wildman–Crippen LogP) is 4.38. The molecule has 0 bridgehead atoms. The molecule has 0 saturated carbocycles. The van der Waals surface area contributed by atoms with Crippen molar-refractivity contribution in [3.8, 4) is 5.75 Å². The van der Waals surface area contributed by atoms with Gasteiger partial charge >= 0.3 is 5.97 Å². The quantitative estimate of drug-likeness (QED) is 0.485. The third kappa shape index (κ3) is 5.11. The maximum Gasteiger partial charge on any atom is 0.363 e. The first-order valence-electron chi connectivity index (χ1n) is 10.6. The van der Waals surface area contributed by atoms with Crippen molar-refractivity contribution in [2.45, 2.75) is 25.7 Å². The summed E-state index contributed by atoms with van der Waals surface area (Å²) in [5.74, 6) is -2.56. The maximum absolute atomic E-state index is 14.7. The number of hydrogen-bond donors (Lipinski definition) is 0. The van der Waals surface area contributed by atoms with Crippen molar-refractivity contribution in [1.82, 2.24) is 5.06 Å². The Hall–Kier alpha value is -4.07. The molecule has 174 valence electrons. The first-order chi connectivity index (χ1) is 16.3. The number of amides is 2. The van der Waals surface area contributed by atoms with E-state index in [4.69, 9.17) is 9.57 Å². The van der Waals surface area contributed by atoms with Gasteiger partial charge in [0.05, 0.1) is 12.7 Å². The Balaban J connectivity index is 1.42. The number of ether oxygens (including phenoxy) is 1. The number of nitrogens with zero attached hydrogens (tertiary/aromatic N) is 1. The average Bonchev–Trinajstić information content (AvgIpc) is 3.14. The van der Waals surface area contributed by atoms with E-state index in [0.29, 0.717) is 21.9 Å². The van der Waals surface area contributed by atoms with Crippen LogP contribution in [0.1, 0.15) is 45.5 Å². The first-order valence-corrected chi connectivity index (χ1v) is 10.6. The molecule has 34 heavy (non-hydrogen) atoms. The van der Waals surface area contributed by atoms with Crippen molar-refractivity contribution < 1.29 is 32.7 Å². The smallest absolute Gasteiger partial charge is 0.363 e. The number of carbonyl (C=O) groups excluding carboxylic acids is 3. The van der Waals surface area contributed by atoms with Gasteiger partial charge < -0.3 is 9.57 Å².